The van der Waals surface area contributed by atoms with Crippen LogP contribution in [0.15, 0.2) is 0 Å². The van der Waals surface area contributed by atoms with Crippen LogP contribution in [0.1, 0.15) is 58.8 Å². The van der Waals surface area contributed by atoms with Crippen molar-refractivity contribution in [2.24, 2.45) is 5.92 Å². The van der Waals surface area contributed by atoms with Crippen LogP contribution in [-0.4, -0.2) is 36.6 Å². The van der Waals surface area contributed by atoms with Gasteiger partial charge in [0.1, 0.15) is 0 Å². The number of hydrogen-bond acceptors (Lipinski definition) is 2. The molecule has 0 aromatic heterocycles. The molecule has 1 unspecified atom stereocenters. The number of nitrogens with one attached hydrogen (secondary N) is 1. The highest BCUT2D eigenvalue weighted by Crippen LogP contribution is 2.28. The lowest BCUT2D eigenvalue weighted by Gasteiger charge is -2.19. The van der Waals surface area contributed by atoms with E-state index in [-0.39, 0.29) is 0 Å². The highest BCUT2D eigenvalue weighted by atomic mass is 15.2. The van der Waals surface area contributed by atoms with E-state index < -0.39 is 0 Å². The van der Waals surface area contributed by atoms with E-state index in [1.807, 2.05) is 0 Å². The Morgan fingerprint density at radius 3 is 2.65 bits per heavy atom. The van der Waals surface area contributed by atoms with Crippen LogP contribution in [0.25, 0.3) is 0 Å². The fourth-order valence-electron chi connectivity index (χ4n) is 3.55. The number of rotatable bonds is 6. The topological polar surface area (TPSA) is 15.3 Å². The van der Waals surface area contributed by atoms with Gasteiger partial charge in [0.2, 0.25) is 0 Å². The first-order valence-corrected chi connectivity index (χ1v) is 7.72. The monoisotopic (exact) mass is 238 g/mol. The maximum Gasteiger partial charge on any atom is 0.0209 e. The molecule has 0 aromatic carbocycles. The molecule has 1 atom stereocenters. The van der Waals surface area contributed by atoms with Crippen molar-refractivity contribution in [3.8, 4) is 0 Å². The van der Waals surface area contributed by atoms with E-state index in [1.54, 1.807) is 0 Å². The summed E-state index contributed by atoms with van der Waals surface area (Å²) in [5, 5.41) is 3.66. The summed E-state index contributed by atoms with van der Waals surface area (Å²) in [5.74, 6) is 1.07. The van der Waals surface area contributed by atoms with Crippen molar-refractivity contribution in [2.75, 3.05) is 19.6 Å². The smallest absolute Gasteiger partial charge is 0.0209 e. The molecule has 0 amide bonds. The van der Waals surface area contributed by atoms with Crippen molar-refractivity contribution in [1.29, 1.82) is 0 Å². The molecule has 1 heterocycles. The molecule has 0 spiro atoms. The molecule has 1 aliphatic heterocycles. The van der Waals surface area contributed by atoms with Crippen LogP contribution in [0.4, 0.5) is 0 Å². The van der Waals surface area contributed by atoms with Gasteiger partial charge in [-0.15, -0.1) is 0 Å². The van der Waals surface area contributed by atoms with Crippen molar-refractivity contribution >= 4 is 0 Å². The van der Waals surface area contributed by atoms with Crippen molar-refractivity contribution in [3.05, 3.63) is 0 Å². The highest BCUT2D eigenvalue weighted by Gasteiger charge is 2.22. The molecule has 1 saturated carbocycles. The Bertz CT molecular complexity index is 209. The van der Waals surface area contributed by atoms with Crippen LogP contribution in [0, 0.1) is 5.92 Å². The van der Waals surface area contributed by atoms with Crippen molar-refractivity contribution in [3.63, 3.8) is 0 Å². The van der Waals surface area contributed by atoms with Crippen LogP contribution in [0.3, 0.4) is 0 Å². The first kappa shape index (κ1) is 13.4. The molecule has 2 aliphatic rings. The third kappa shape index (κ3) is 4.59. The van der Waals surface area contributed by atoms with E-state index in [4.69, 9.17) is 0 Å². The van der Waals surface area contributed by atoms with Gasteiger partial charge in [-0.2, -0.15) is 0 Å². The summed E-state index contributed by atoms with van der Waals surface area (Å²) in [6, 6.07) is 1.39. The van der Waals surface area contributed by atoms with Gasteiger partial charge in [-0.05, 0) is 38.3 Å². The lowest BCUT2D eigenvalue weighted by molar-refractivity contribution is 0.304. The zero-order valence-corrected chi connectivity index (χ0v) is 11.8. The minimum absolute atomic E-state index is 0.637. The van der Waals surface area contributed by atoms with Gasteiger partial charge >= 0.3 is 0 Å². The first-order valence-electron chi connectivity index (χ1n) is 7.72. The van der Waals surface area contributed by atoms with E-state index >= 15 is 0 Å². The Hall–Kier alpha value is -0.0800. The maximum atomic E-state index is 3.66. The van der Waals surface area contributed by atoms with Crippen molar-refractivity contribution in [1.82, 2.24) is 10.2 Å². The SMILES string of the molecule is CC(C)NC1CCN(CCCC2CCCC2)C1. The van der Waals surface area contributed by atoms with Crippen LogP contribution >= 0.6 is 0 Å². The molecule has 17 heavy (non-hydrogen) atoms. The van der Waals surface area contributed by atoms with Gasteiger partial charge in [0, 0.05) is 18.6 Å². The van der Waals surface area contributed by atoms with Crippen LogP contribution in [-0.2, 0) is 0 Å². The summed E-state index contributed by atoms with van der Waals surface area (Å²) < 4.78 is 0. The lowest BCUT2D eigenvalue weighted by Crippen LogP contribution is -2.37. The van der Waals surface area contributed by atoms with Gasteiger partial charge < -0.3 is 10.2 Å². The van der Waals surface area contributed by atoms with Gasteiger partial charge in [-0.25, -0.2) is 0 Å². The predicted molar refractivity (Wildman–Crippen MR) is 74.3 cm³/mol. The quantitative estimate of drug-likeness (QED) is 0.765. The van der Waals surface area contributed by atoms with Gasteiger partial charge in [0.25, 0.3) is 0 Å². The molecule has 2 nitrogen and oxygen atoms in total. The third-order valence-corrected chi connectivity index (χ3v) is 4.40. The van der Waals surface area contributed by atoms with Gasteiger partial charge in [-0.1, -0.05) is 39.5 Å². The molecule has 0 radical (unpaired) electrons. The Morgan fingerprint density at radius 2 is 1.94 bits per heavy atom. The zero-order valence-electron chi connectivity index (χ0n) is 11.8. The molecular formula is C15H30N2. The molecule has 1 N–H and O–H groups in total. The molecule has 1 saturated heterocycles. The molecule has 100 valence electrons. The van der Waals surface area contributed by atoms with E-state index in [2.05, 4.69) is 24.1 Å². The van der Waals surface area contributed by atoms with Gasteiger partial charge in [0.15, 0.2) is 0 Å². The molecule has 2 heteroatoms. The Balaban J connectivity index is 1.54. The summed E-state index contributed by atoms with van der Waals surface area (Å²) in [7, 11) is 0. The number of nitrogens with zero attached hydrogens (tertiary/aromatic N) is 1. The molecule has 0 aromatic rings. The normalized spacial score (nSPS) is 27.4. The molecular weight excluding hydrogens is 208 g/mol. The van der Waals surface area contributed by atoms with E-state index in [0.29, 0.717) is 6.04 Å². The minimum atomic E-state index is 0.637. The van der Waals surface area contributed by atoms with Gasteiger partial charge in [0.05, 0.1) is 0 Å². The van der Waals surface area contributed by atoms with E-state index in [0.717, 1.165) is 12.0 Å². The largest absolute Gasteiger partial charge is 0.310 e. The number of hydrogen-bond donors (Lipinski definition) is 1. The summed E-state index contributed by atoms with van der Waals surface area (Å²) in [4.78, 5) is 2.66. The van der Waals surface area contributed by atoms with Crippen LogP contribution in [0.5, 0.6) is 0 Å². The standard InChI is InChI=1S/C15H30N2/c1-13(2)16-15-9-11-17(12-15)10-5-8-14-6-3-4-7-14/h13-16H,3-12H2,1-2H3. The van der Waals surface area contributed by atoms with Crippen LogP contribution < -0.4 is 5.32 Å². The number of likely N-dealkylation sites (tertiary alicyclic amines) is 1. The third-order valence-electron chi connectivity index (χ3n) is 4.40. The van der Waals surface area contributed by atoms with Crippen LogP contribution in [0.2, 0.25) is 0 Å². The summed E-state index contributed by atoms with van der Waals surface area (Å²) in [5.41, 5.74) is 0. The zero-order chi connectivity index (χ0) is 12.1. The second-order valence-corrected chi connectivity index (χ2v) is 6.40. The summed E-state index contributed by atoms with van der Waals surface area (Å²) in [6.07, 6.45) is 10.3. The maximum absolute atomic E-state index is 3.66. The molecule has 2 rings (SSSR count). The molecule has 1 aliphatic carbocycles. The molecule has 0 bridgehead atoms. The van der Waals surface area contributed by atoms with Gasteiger partial charge in [-0.3, -0.25) is 0 Å². The molecule has 2 fully saturated rings. The summed E-state index contributed by atoms with van der Waals surface area (Å²) >= 11 is 0. The lowest BCUT2D eigenvalue weighted by atomic mass is 10.0. The fraction of sp³-hybridized carbons (Fsp3) is 1.00. The second-order valence-electron chi connectivity index (χ2n) is 6.40. The first-order chi connectivity index (χ1) is 8.24. The van der Waals surface area contributed by atoms with E-state index in [9.17, 15) is 0 Å². The predicted octanol–water partition coefficient (Wildman–Crippen LogP) is 3.03. The minimum Gasteiger partial charge on any atom is -0.310 e. The summed E-state index contributed by atoms with van der Waals surface area (Å²) in [6.45, 7) is 8.44. The Kier molecular flexibility index (Phi) is 5.30. The second kappa shape index (κ2) is 6.75. The highest BCUT2D eigenvalue weighted by molar-refractivity contribution is 4.82. The Morgan fingerprint density at radius 1 is 1.18 bits per heavy atom. The van der Waals surface area contributed by atoms with E-state index in [1.165, 1.54) is 64.6 Å². The average Bonchev–Trinajstić information content (AvgIpc) is 2.89. The van der Waals surface area contributed by atoms with Crippen molar-refractivity contribution in [2.45, 2.75) is 70.9 Å². The van der Waals surface area contributed by atoms with Crippen molar-refractivity contribution < 1.29 is 0 Å². The average molecular weight is 238 g/mol. The fourth-order valence-corrected chi connectivity index (χ4v) is 3.55. The Labute approximate surface area is 107 Å².